The fourth-order valence-electron chi connectivity index (χ4n) is 2.29. The van der Waals surface area contributed by atoms with Crippen molar-refractivity contribution < 1.29 is 19.2 Å². The van der Waals surface area contributed by atoms with Gasteiger partial charge in [-0.2, -0.15) is 0 Å². The molecule has 0 spiro atoms. The summed E-state index contributed by atoms with van der Waals surface area (Å²) in [5, 5.41) is 13.6. The normalized spacial score (nSPS) is 10.1. The summed E-state index contributed by atoms with van der Waals surface area (Å²) in [6, 6.07) is 11.0. The Bertz CT molecular complexity index is 848. The minimum absolute atomic E-state index is 0.0715. The van der Waals surface area contributed by atoms with E-state index in [1.54, 1.807) is 51.4 Å². The monoisotopic (exact) mass is 357 g/mol. The van der Waals surface area contributed by atoms with E-state index >= 15 is 0 Å². The number of anilines is 1. The predicted octanol–water partition coefficient (Wildman–Crippen LogP) is 2.62. The Balaban J connectivity index is 2.02. The quantitative estimate of drug-likeness (QED) is 0.632. The number of carbonyl (C=O) groups is 2. The van der Waals surface area contributed by atoms with Crippen LogP contribution in [-0.4, -0.2) is 42.3 Å². The summed E-state index contributed by atoms with van der Waals surface area (Å²) in [7, 11) is 3.28. The van der Waals surface area contributed by atoms with Crippen LogP contribution in [0.5, 0.6) is 5.75 Å². The van der Waals surface area contributed by atoms with Gasteiger partial charge in [0.25, 0.3) is 17.5 Å². The number of hydrogen-bond acceptors (Lipinski definition) is 5. The zero-order chi connectivity index (χ0) is 19.3. The summed E-state index contributed by atoms with van der Waals surface area (Å²) in [5.41, 5.74) is 1.19. The maximum atomic E-state index is 12.1. The van der Waals surface area contributed by atoms with E-state index in [2.05, 4.69) is 5.32 Å². The van der Waals surface area contributed by atoms with E-state index in [9.17, 15) is 19.7 Å². The molecule has 8 nitrogen and oxygen atoms in total. The summed E-state index contributed by atoms with van der Waals surface area (Å²) < 4.78 is 5.39. The molecule has 2 amide bonds. The highest BCUT2D eigenvalue weighted by atomic mass is 16.6. The lowest BCUT2D eigenvalue weighted by Gasteiger charge is -2.12. The second-order valence-electron chi connectivity index (χ2n) is 5.77. The van der Waals surface area contributed by atoms with Gasteiger partial charge in [-0.25, -0.2) is 0 Å². The van der Waals surface area contributed by atoms with Crippen LogP contribution in [0.2, 0.25) is 0 Å². The van der Waals surface area contributed by atoms with Crippen molar-refractivity contribution in [2.24, 2.45) is 0 Å². The molecule has 2 aromatic rings. The van der Waals surface area contributed by atoms with Crippen LogP contribution >= 0.6 is 0 Å². The molecule has 0 aliphatic heterocycles. The molecule has 0 aliphatic carbocycles. The number of nitrogens with zero attached hydrogens (tertiary/aromatic N) is 2. The first-order valence-electron chi connectivity index (χ1n) is 7.78. The molecule has 0 bridgehead atoms. The minimum Gasteiger partial charge on any atom is -0.483 e. The molecule has 0 heterocycles. The van der Waals surface area contributed by atoms with Crippen molar-refractivity contribution in [3.8, 4) is 5.75 Å². The molecule has 0 atom stereocenters. The van der Waals surface area contributed by atoms with E-state index in [0.29, 0.717) is 16.8 Å². The van der Waals surface area contributed by atoms with Crippen molar-refractivity contribution in [3.63, 3.8) is 0 Å². The molecule has 0 saturated heterocycles. The van der Waals surface area contributed by atoms with Gasteiger partial charge < -0.3 is 15.0 Å². The molecule has 0 radical (unpaired) electrons. The van der Waals surface area contributed by atoms with Gasteiger partial charge in [-0.3, -0.25) is 19.7 Å². The third kappa shape index (κ3) is 4.56. The molecule has 2 rings (SSSR count). The van der Waals surface area contributed by atoms with Crippen molar-refractivity contribution in [2.45, 2.75) is 6.92 Å². The molecular weight excluding hydrogens is 338 g/mol. The number of hydrogen-bond donors (Lipinski definition) is 1. The van der Waals surface area contributed by atoms with E-state index in [1.165, 1.54) is 17.0 Å². The predicted molar refractivity (Wildman–Crippen MR) is 96.4 cm³/mol. The average Bonchev–Trinajstić information content (AvgIpc) is 2.60. The second kappa shape index (κ2) is 8.11. The van der Waals surface area contributed by atoms with Crippen LogP contribution in [-0.2, 0) is 4.79 Å². The number of benzene rings is 2. The van der Waals surface area contributed by atoms with E-state index < -0.39 is 10.8 Å². The standard InChI is InChI=1S/C18H19N3O5/c1-12-15(21(24)25)8-5-9-16(12)26-11-17(22)19-14-7-4-6-13(10-14)18(23)20(2)3/h4-10H,11H2,1-3H3,(H,19,22). The van der Waals surface area contributed by atoms with Crippen LogP contribution in [0.25, 0.3) is 0 Å². The SMILES string of the molecule is Cc1c(OCC(=O)Nc2cccc(C(=O)N(C)C)c2)cccc1[N+](=O)[O-]. The van der Waals surface area contributed by atoms with Gasteiger partial charge >= 0.3 is 0 Å². The van der Waals surface area contributed by atoms with Crippen LogP contribution in [0.1, 0.15) is 15.9 Å². The van der Waals surface area contributed by atoms with Crippen LogP contribution in [0.4, 0.5) is 11.4 Å². The Morgan fingerprint density at radius 1 is 1.19 bits per heavy atom. The molecule has 1 N–H and O–H groups in total. The van der Waals surface area contributed by atoms with Crippen molar-refractivity contribution in [2.75, 3.05) is 26.0 Å². The smallest absolute Gasteiger partial charge is 0.276 e. The number of ether oxygens (including phenoxy) is 1. The van der Waals surface area contributed by atoms with E-state index in [4.69, 9.17) is 4.74 Å². The summed E-state index contributed by atoms with van der Waals surface area (Å²) in [6.45, 7) is 1.25. The molecular formula is C18H19N3O5. The third-order valence-corrected chi connectivity index (χ3v) is 3.61. The molecule has 8 heteroatoms. The van der Waals surface area contributed by atoms with Gasteiger partial charge in [0.1, 0.15) is 5.75 Å². The summed E-state index contributed by atoms with van der Waals surface area (Å²) in [6.07, 6.45) is 0. The summed E-state index contributed by atoms with van der Waals surface area (Å²) in [4.78, 5) is 35.9. The average molecular weight is 357 g/mol. The number of nitro groups is 1. The molecule has 0 saturated carbocycles. The van der Waals surface area contributed by atoms with Crippen molar-refractivity contribution in [1.82, 2.24) is 4.90 Å². The Morgan fingerprint density at radius 2 is 1.88 bits per heavy atom. The molecule has 0 aliphatic rings. The first-order chi connectivity index (χ1) is 12.3. The fraction of sp³-hybridized carbons (Fsp3) is 0.222. The maximum absolute atomic E-state index is 12.1. The topological polar surface area (TPSA) is 102 Å². The highest BCUT2D eigenvalue weighted by molar-refractivity contribution is 5.97. The molecule has 0 aromatic heterocycles. The highest BCUT2D eigenvalue weighted by Crippen LogP contribution is 2.26. The molecule has 136 valence electrons. The number of nitro benzene ring substituents is 1. The van der Waals surface area contributed by atoms with Gasteiger partial charge in [-0.05, 0) is 31.2 Å². The minimum atomic E-state index is -0.504. The van der Waals surface area contributed by atoms with Crippen LogP contribution in [0.3, 0.4) is 0 Å². The molecule has 0 unspecified atom stereocenters. The summed E-state index contributed by atoms with van der Waals surface area (Å²) >= 11 is 0. The van der Waals surface area contributed by atoms with Gasteiger partial charge in [0.05, 0.1) is 10.5 Å². The molecule has 2 aromatic carbocycles. The van der Waals surface area contributed by atoms with E-state index in [-0.39, 0.29) is 24.0 Å². The van der Waals surface area contributed by atoms with Gasteiger partial charge in [0.15, 0.2) is 6.61 Å². The zero-order valence-corrected chi connectivity index (χ0v) is 14.7. The van der Waals surface area contributed by atoms with Crippen LogP contribution in [0.15, 0.2) is 42.5 Å². The lowest BCUT2D eigenvalue weighted by molar-refractivity contribution is -0.385. The largest absolute Gasteiger partial charge is 0.483 e. The van der Waals surface area contributed by atoms with E-state index in [1.807, 2.05) is 0 Å². The number of nitrogens with one attached hydrogen (secondary N) is 1. The number of rotatable bonds is 6. The van der Waals surface area contributed by atoms with E-state index in [0.717, 1.165) is 0 Å². The highest BCUT2D eigenvalue weighted by Gasteiger charge is 2.15. The Hall–Kier alpha value is -3.42. The summed E-state index contributed by atoms with van der Waals surface area (Å²) in [5.74, 6) is -0.346. The Labute approximate surface area is 150 Å². The molecule has 0 fully saturated rings. The van der Waals surface area contributed by atoms with Gasteiger partial charge in [-0.1, -0.05) is 12.1 Å². The lowest BCUT2D eigenvalue weighted by Crippen LogP contribution is -2.23. The zero-order valence-electron chi connectivity index (χ0n) is 14.7. The Kier molecular flexibility index (Phi) is 5.90. The van der Waals surface area contributed by atoms with Gasteiger partial charge in [-0.15, -0.1) is 0 Å². The Morgan fingerprint density at radius 3 is 2.54 bits per heavy atom. The third-order valence-electron chi connectivity index (χ3n) is 3.61. The van der Waals surface area contributed by atoms with Gasteiger partial charge in [0, 0.05) is 31.4 Å². The van der Waals surface area contributed by atoms with Crippen molar-refractivity contribution in [3.05, 3.63) is 63.7 Å². The first kappa shape index (κ1) is 18.9. The lowest BCUT2D eigenvalue weighted by atomic mass is 10.2. The fourth-order valence-corrected chi connectivity index (χ4v) is 2.29. The van der Waals surface area contributed by atoms with Crippen molar-refractivity contribution >= 4 is 23.2 Å². The first-order valence-corrected chi connectivity index (χ1v) is 7.78. The number of amides is 2. The van der Waals surface area contributed by atoms with Gasteiger partial charge in [0.2, 0.25) is 0 Å². The molecule has 26 heavy (non-hydrogen) atoms. The van der Waals surface area contributed by atoms with Crippen LogP contribution in [0, 0.1) is 17.0 Å². The van der Waals surface area contributed by atoms with Crippen LogP contribution < -0.4 is 10.1 Å². The van der Waals surface area contributed by atoms with Crippen molar-refractivity contribution in [1.29, 1.82) is 0 Å². The number of carbonyl (C=O) groups excluding carboxylic acids is 2. The second-order valence-corrected chi connectivity index (χ2v) is 5.77. The maximum Gasteiger partial charge on any atom is 0.276 e.